The van der Waals surface area contributed by atoms with Crippen LogP contribution in [0.3, 0.4) is 0 Å². The highest BCUT2D eigenvalue weighted by atomic mass is 16.7. The fourth-order valence-corrected chi connectivity index (χ4v) is 2.04. The van der Waals surface area contributed by atoms with Gasteiger partial charge in [-0.25, -0.2) is 0 Å². The van der Waals surface area contributed by atoms with Crippen molar-refractivity contribution in [3.05, 3.63) is 23.3 Å². The number of nitrogen functional groups attached to an aromatic ring is 1. The van der Waals surface area contributed by atoms with Crippen LogP contribution in [0.5, 0.6) is 0 Å². The van der Waals surface area contributed by atoms with Gasteiger partial charge >= 0.3 is 7.12 Å². The molecule has 1 aromatic rings. The zero-order chi connectivity index (χ0) is 17.3. The van der Waals surface area contributed by atoms with Gasteiger partial charge in [-0.1, -0.05) is 0 Å². The number of carbonyl (C=O) groups is 1. The van der Waals surface area contributed by atoms with E-state index in [2.05, 4.69) is 15.5 Å². The molecule has 3 N–H and O–H groups in total. The quantitative estimate of drug-likeness (QED) is 0.810. The van der Waals surface area contributed by atoms with Crippen molar-refractivity contribution in [1.82, 2.24) is 15.5 Å². The van der Waals surface area contributed by atoms with Gasteiger partial charge in [-0.3, -0.25) is 4.79 Å². The Kier molecular flexibility index (Phi) is 4.77. The van der Waals surface area contributed by atoms with E-state index in [1.807, 2.05) is 27.7 Å². The summed E-state index contributed by atoms with van der Waals surface area (Å²) < 4.78 is 12.1. The van der Waals surface area contributed by atoms with Gasteiger partial charge in [-0.05, 0) is 51.4 Å². The number of nitrogens with one attached hydrogen (secondary N) is 1. The highest BCUT2D eigenvalue weighted by Crippen LogP contribution is 2.38. The molecule has 0 saturated carbocycles. The van der Waals surface area contributed by atoms with E-state index in [1.54, 1.807) is 18.2 Å². The van der Waals surface area contributed by atoms with Crippen LogP contribution < -0.4 is 11.1 Å². The molecular formula is C15H23BN4O3. The van der Waals surface area contributed by atoms with Gasteiger partial charge in [-0.15, -0.1) is 10.2 Å². The summed E-state index contributed by atoms with van der Waals surface area (Å²) in [5, 5.41) is 10.6. The second-order valence-electron chi connectivity index (χ2n) is 6.60. The maximum absolute atomic E-state index is 11.3. The first-order chi connectivity index (χ1) is 10.6. The van der Waals surface area contributed by atoms with Crippen LogP contribution in [0.15, 0.2) is 17.6 Å². The Balaban J connectivity index is 2.28. The molecule has 1 aromatic heterocycles. The van der Waals surface area contributed by atoms with Crippen molar-refractivity contribution in [2.75, 3.05) is 12.3 Å². The minimum absolute atomic E-state index is 0.129. The van der Waals surface area contributed by atoms with Gasteiger partial charge in [0.25, 0.3) is 0 Å². The van der Waals surface area contributed by atoms with E-state index in [1.165, 1.54) is 6.92 Å². The van der Waals surface area contributed by atoms with E-state index >= 15 is 0 Å². The summed E-state index contributed by atoms with van der Waals surface area (Å²) in [6, 6.07) is 3.42. The number of rotatable bonds is 4. The van der Waals surface area contributed by atoms with E-state index < -0.39 is 18.3 Å². The zero-order valence-electron chi connectivity index (χ0n) is 14.2. The molecule has 8 heteroatoms. The van der Waals surface area contributed by atoms with Crippen molar-refractivity contribution in [3.63, 3.8) is 0 Å². The topological polar surface area (TPSA) is 99.4 Å². The van der Waals surface area contributed by atoms with Crippen molar-refractivity contribution in [2.45, 2.75) is 45.8 Å². The molecule has 0 spiro atoms. The molecule has 0 aliphatic carbocycles. The summed E-state index contributed by atoms with van der Waals surface area (Å²) in [6.45, 7) is 9.68. The first-order valence-corrected chi connectivity index (χ1v) is 7.50. The normalized spacial score (nSPS) is 19.7. The first kappa shape index (κ1) is 17.4. The van der Waals surface area contributed by atoms with Crippen LogP contribution >= 0.6 is 0 Å². The lowest BCUT2D eigenvalue weighted by Gasteiger charge is -2.32. The Hall–Kier alpha value is -1.93. The van der Waals surface area contributed by atoms with E-state index in [9.17, 15) is 4.79 Å². The Labute approximate surface area is 136 Å². The number of hydrogen-bond acceptors (Lipinski definition) is 6. The lowest BCUT2D eigenvalue weighted by Crippen LogP contribution is -2.41. The molecule has 1 saturated heterocycles. The summed E-state index contributed by atoms with van der Waals surface area (Å²) in [5.41, 5.74) is 6.01. The fourth-order valence-electron chi connectivity index (χ4n) is 2.04. The van der Waals surface area contributed by atoms with Gasteiger partial charge in [0.2, 0.25) is 5.91 Å². The first-order valence-electron chi connectivity index (χ1n) is 7.50. The smallest absolute Gasteiger partial charge is 0.400 e. The standard InChI is InChI=1S/C15H23BN4O3/c1-10(21)18-9-11(8-12-6-7-13(17)20-19-12)16-22-14(2,3)15(4,5)23-16/h6-8H,9H2,1-5H3,(H2,17,20)(H,18,21). The highest BCUT2D eigenvalue weighted by molar-refractivity contribution is 6.56. The average Bonchev–Trinajstić information content (AvgIpc) is 2.65. The fraction of sp³-hybridized carbons (Fsp3) is 0.533. The van der Waals surface area contributed by atoms with E-state index in [4.69, 9.17) is 15.0 Å². The Morgan fingerprint density at radius 3 is 2.35 bits per heavy atom. The zero-order valence-corrected chi connectivity index (χ0v) is 14.2. The largest absolute Gasteiger partial charge is 0.492 e. The summed E-state index contributed by atoms with van der Waals surface area (Å²) >= 11 is 0. The van der Waals surface area contributed by atoms with Crippen LogP contribution in [0.2, 0.25) is 0 Å². The van der Waals surface area contributed by atoms with Gasteiger partial charge < -0.3 is 20.4 Å². The lowest BCUT2D eigenvalue weighted by atomic mass is 9.77. The van der Waals surface area contributed by atoms with Crippen LogP contribution in [-0.4, -0.2) is 41.0 Å². The minimum atomic E-state index is -0.564. The monoisotopic (exact) mass is 318 g/mol. The average molecular weight is 318 g/mol. The molecule has 1 aliphatic heterocycles. The summed E-state index contributed by atoms with van der Waals surface area (Å²) in [4.78, 5) is 11.3. The van der Waals surface area contributed by atoms with Gasteiger partial charge in [0, 0.05) is 13.5 Å². The van der Waals surface area contributed by atoms with E-state index in [0.717, 1.165) is 5.47 Å². The Morgan fingerprint density at radius 1 is 1.26 bits per heavy atom. The third-order valence-corrected chi connectivity index (χ3v) is 4.14. The molecule has 0 aromatic carbocycles. The van der Waals surface area contributed by atoms with Gasteiger partial charge in [0.1, 0.15) is 5.82 Å². The Bertz CT molecular complexity index is 598. The summed E-state index contributed by atoms with van der Waals surface area (Å²) in [5.74, 6) is 0.219. The maximum Gasteiger partial charge on any atom is 0.492 e. The molecule has 7 nitrogen and oxygen atoms in total. The third kappa shape index (κ3) is 4.08. The number of hydrogen-bond donors (Lipinski definition) is 2. The van der Waals surface area contributed by atoms with Gasteiger partial charge in [0.15, 0.2) is 0 Å². The minimum Gasteiger partial charge on any atom is -0.400 e. The molecule has 1 fully saturated rings. The number of nitrogens with two attached hydrogens (primary N) is 1. The maximum atomic E-state index is 11.3. The van der Waals surface area contributed by atoms with Crippen LogP contribution in [0.25, 0.3) is 6.08 Å². The van der Waals surface area contributed by atoms with Crippen molar-refractivity contribution >= 4 is 24.9 Å². The number of nitrogens with zero attached hydrogens (tertiary/aromatic N) is 2. The molecule has 0 atom stereocenters. The van der Waals surface area contributed by atoms with Crippen LogP contribution in [0.1, 0.15) is 40.3 Å². The molecule has 23 heavy (non-hydrogen) atoms. The second-order valence-corrected chi connectivity index (χ2v) is 6.60. The highest BCUT2D eigenvalue weighted by Gasteiger charge is 2.52. The molecule has 1 aliphatic rings. The third-order valence-electron chi connectivity index (χ3n) is 4.14. The second kappa shape index (κ2) is 6.29. The molecule has 0 unspecified atom stereocenters. The lowest BCUT2D eigenvalue weighted by molar-refractivity contribution is -0.118. The van der Waals surface area contributed by atoms with Crippen molar-refractivity contribution in [2.24, 2.45) is 0 Å². The van der Waals surface area contributed by atoms with Gasteiger partial charge in [0.05, 0.1) is 16.9 Å². The SMILES string of the molecule is CC(=O)NCC(=Cc1ccc(N)nn1)B1OC(C)(C)C(C)(C)O1. The summed E-state index contributed by atoms with van der Waals surface area (Å²) in [7, 11) is -0.564. The van der Waals surface area contributed by atoms with Crippen molar-refractivity contribution < 1.29 is 14.1 Å². The summed E-state index contributed by atoms with van der Waals surface area (Å²) in [6.07, 6.45) is 1.80. The predicted molar refractivity (Wildman–Crippen MR) is 89.2 cm³/mol. The van der Waals surface area contributed by atoms with Crippen LogP contribution in [-0.2, 0) is 14.1 Å². The Morgan fingerprint density at radius 2 is 1.87 bits per heavy atom. The molecule has 0 bridgehead atoms. The predicted octanol–water partition coefficient (Wildman–Crippen LogP) is 1.21. The van der Waals surface area contributed by atoms with Gasteiger partial charge in [-0.2, -0.15) is 0 Å². The number of aromatic nitrogens is 2. The van der Waals surface area contributed by atoms with Crippen molar-refractivity contribution in [1.29, 1.82) is 0 Å². The molecule has 124 valence electrons. The van der Waals surface area contributed by atoms with E-state index in [0.29, 0.717) is 18.1 Å². The van der Waals surface area contributed by atoms with Crippen LogP contribution in [0, 0.1) is 0 Å². The van der Waals surface area contributed by atoms with Crippen LogP contribution in [0.4, 0.5) is 5.82 Å². The molecule has 2 rings (SSSR count). The molecule has 2 heterocycles. The molecular weight excluding hydrogens is 295 g/mol. The molecule has 1 amide bonds. The van der Waals surface area contributed by atoms with E-state index in [-0.39, 0.29) is 5.91 Å². The number of anilines is 1. The van der Waals surface area contributed by atoms with Crippen molar-refractivity contribution in [3.8, 4) is 0 Å². The number of amides is 1. The molecule has 0 radical (unpaired) electrons. The number of carbonyl (C=O) groups excluding carboxylic acids is 1.